The molecule has 0 aliphatic rings. The molecule has 2 N–H and O–H groups in total. The van der Waals surface area contributed by atoms with Crippen LogP contribution in [0.4, 0.5) is 0 Å². The van der Waals surface area contributed by atoms with Crippen LogP contribution in [0.15, 0.2) is 53.4 Å². The van der Waals surface area contributed by atoms with Gasteiger partial charge in [0.2, 0.25) is 10.0 Å². The lowest BCUT2D eigenvalue weighted by atomic mass is 10.1. The van der Waals surface area contributed by atoms with Gasteiger partial charge in [-0.1, -0.05) is 53.5 Å². The average Bonchev–Trinajstić information content (AvgIpc) is 2.72. The average molecular weight is 473 g/mol. The quantitative estimate of drug-likeness (QED) is 0.407. The Morgan fingerprint density at radius 2 is 1.77 bits per heavy atom. The van der Waals surface area contributed by atoms with E-state index < -0.39 is 28.5 Å². The van der Waals surface area contributed by atoms with Gasteiger partial charge in [0.05, 0.1) is 21.0 Å². The van der Waals surface area contributed by atoms with Crippen molar-refractivity contribution in [3.8, 4) is 0 Å². The molecule has 0 spiro atoms. The Morgan fingerprint density at radius 1 is 1.07 bits per heavy atom. The topological polar surface area (TPSA) is 102 Å². The van der Waals surface area contributed by atoms with E-state index in [1.165, 1.54) is 18.2 Å². The second-order valence-electron chi connectivity index (χ2n) is 6.44. The molecule has 2 aromatic rings. The number of hydrogen-bond acceptors (Lipinski definition) is 5. The van der Waals surface area contributed by atoms with E-state index in [0.717, 1.165) is 5.56 Å². The van der Waals surface area contributed by atoms with Gasteiger partial charge in [0.15, 0.2) is 6.61 Å². The number of hydrogen-bond donors (Lipinski definition) is 2. The first-order chi connectivity index (χ1) is 14.2. The van der Waals surface area contributed by atoms with Crippen molar-refractivity contribution in [1.29, 1.82) is 0 Å². The van der Waals surface area contributed by atoms with Crippen molar-refractivity contribution >= 4 is 45.1 Å². The third-order valence-corrected chi connectivity index (χ3v) is 6.29. The number of amides is 1. The summed E-state index contributed by atoms with van der Waals surface area (Å²) in [5, 5.41) is 3.12. The first-order valence-electron chi connectivity index (χ1n) is 9.13. The molecule has 0 radical (unpaired) electrons. The summed E-state index contributed by atoms with van der Waals surface area (Å²) >= 11 is 11.6. The highest BCUT2D eigenvalue weighted by atomic mass is 35.5. The summed E-state index contributed by atoms with van der Waals surface area (Å²) in [7, 11) is -3.77. The first kappa shape index (κ1) is 24.1. The Morgan fingerprint density at radius 3 is 2.43 bits per heavy atom. The van der Waals surface area contributed by atoms with Crippen molar-refractivity contribution < 1.29 is 22.7 Å². The number of nitrogens with one attached hydrogen (secondary N) is 2. The van der Waals surface area contributed by atoms with Gasteiger partial charge in [0, 0.05) is 13.0 Å². The molecule has 0 aromatic heterocycles. The summed E-state index contributed by atoms with van der Waals surface area (Å²) in [5.74, 6) is -1.01. The van der Waals surface area contributed by atoms with E-state index in [2.05, 4.69) is 10.0 Å². The SMILES string of the molecule is C[C@H](NC(=O)COC(=O)CCCNS(=O)(=O)c1ccc(Cl)c(Cl)c1)c1ccccc1. The molecule has 10 heteroatoms. The maximum absolute atomic E-state index is 12.2. The van der Waals surface area contributed by atoms with Crippen molar-refractivity contribution in [1.82, 2.24) is 10.0 Å². The van der Waals surface area contributed by atoms with E-state index in [4.69, 9.17) is 27.9 Å². The molecule has 0 saturated heterocycles. The number of ether oxygens (including phenoxy) is 1. The molecule has 0 saturated carbocycles. The lowest BCUT2D eigenvalue weighted by Crippen LogP contribution is -2.31. The lowest BCUT2D eigenvalue weighted by Gasteiger charge is -2.14. The molecule has 7 nitrogen and oxygen atoms in total. The largest absolute Gasteiger partial charge is 0.456 e. The number of halogens is 2. The Labute approximate surface area is 185 Å². The van der Waals surface area contributed by atoms with E-state index in [1.807, 2.05) is 37.3 Å². The highest BCUT2D eigenvalue weighted by Crippen LogP contribution is 2.24. The molecule has 0 unspecified atom stereocenters. The zero-order chi connectivity index (χ0) is 22.1. The van der Waals surface area contributed by atoms with Gasteiger partial charge in [-0.05, 0) is 37.1 Å². The van der Waals surface area contributed by atoms with Gasteiger partial charge in [-0.15, -0.1) is 0 Å². The van der Waals surface area contributed by atoms with Crippen LogP contribution < -0.4 is 10.0 Å². The van der Waals surface area contributed by atoms with E-state index >= 15 is 0 Å². The molecular formula is C20H22Cl2N2O5S. The molecule has 162 valence electrons. The minimum atomic E-state index is -3.77. The van der Waals surface area contributed by atoms with Gasteiger partial charge in [-0.2, -0.15) is 0 Å². The summed E-state index contributed by atoms with van der Waals surface area (Å²) < 4.78 is 31.7. The number of carbonyl (C=O) groups excluding carboxylic acids is 2. The third-order valence-electron chi connectivity index (χ3n) is 4.09. The maximum Gasteiger partial charge on any atom is 0.306 e. The van der Waals surface area contributed by atoms with Gasteiger partial charge >= 0.3 is 5.97 Å². The van der Waals surface area contributed by atoms with Gasteiger partial charge in [-0.25, -0.2) is 13.1 Å². The van der Waals surface area contributed by atoms with E-state index in [1.54, 1.807) is 0 Å². The fraction of sp³-hybridized carbons (Fsp3) is 0.300. The van der Waals surface area contributed by atoms with Crippen molar-refractivity contribution in [3.05, 3.63) is 64.1 Å². The number of carbonyl (C=O) groups is 2. The van der Waals surface area contributed by atoms with Crippen LogP contribution in [0.5, 0.6) is 0 Å². The summed E-state index contributed by atoms with van der Waals surface area (Å²) in [5.41, 5.74) is 0.937. The summed E-state index contributed by atoms with van der Waals surface area (Å²) in [4.78, 5) is 23.6. The Kier molecular flexibility index (Phi) is 9.10. The third kappa shape index (κ3) is 7.60. The Balaban J connectivity index is 1.68. The molecule has 0 fully saturated rings. The fourth-order valence-corrected chi connectivity index (χ4v) is 3.96. The first-order valence-corrected chi connectivity index (χ1v) is 11.4. The zero-order valence-electron chi connectivity index (χ0n) is 16.2. The highest BCUT2D eigenvalue weighted by Gasteiger charge is 2.16. The Hall–Kier alpha value is -2.13. The molecule has 1 amide bonds. The van der Waals surface area contributed by atoms with Gasteiger partial charge in [0.25, 0.3) is 5.91 Å². The standard InChI is InChI=1S/C20H22Cl2N2O5S/c1-14(15-6-3-2-4-7-15)24-19(25)13-29-20(26)8-5-11-23-30(27,28)16-9-10-17(21)18(22)12-16/h2-4,6-7,9-10,12,14,23H,5,8,11,13H2,1H3,(H,24,25)/t14-/m0/s1. The Bertz CT molecular complexity index is 984. The molecule has 2 rings (SSSR count). The van der Waals surface area contributed by atoms with Crippen molar-refractivity contribution in [2.45, 2.75) is 30.7 Å². The monoisotopic (exact) mass is 472 g/mol. The highest BCUT2D eigenvalue weighted by molar-refractivity contribution is 7.89. The smallest absolute Gasteiger partial charge is 0.306 e. The van der Waals surface area contributed by atoms with Crippen LogP contribution in [0.25, 0.3) is 0 Å². The van der Waals surface area contributed by atoms with Crippen LogP contribution in [0.2, 0.25) is 10.0 Å². The van der Waals surface area contributed by atoms with E-state index in [0.29, 0.717) is 0 Å². The molecular weight excluding hydrogens is 451 g/mol. The fourth-order valence-electron chi connectivity index (χ4n) is 2.49. The van der Waals surface area contributed by atoms with Gasteiger partial charge in [0.1, 0.15) is 0 Å². The number of rotatable bonds is 10. The molecule has 0 aliphatic heterocycles. The second-order valence-corrected chi connectivity index (χ2v) is 9.02. The lowest BCUT2D eigenvalue weighted by molar-refractivity contribution is -0.148. The van der Waals surface area contributed by atoms with E-state index in [-0.39, 0.29) is 40.4 Å². The van der Waals surface area contributed by atoms with Crippen LogP contribution in [0.1, 0.15) is 31.4 Å². The zero-order valence-corrected chi connectivity index (χ0v) is 18.6. The molecule has 0 bridgehead atoms. The summed E-state index contributed by atoms with van der Waals surface area (Å²) in [6.45, 7) is 1.45. The molecule has 0 aliphatic carbocycles. The summed E-state index contributed by atoms with van der Waals surface area (Å²) in [6, 6.07) is 13.1. The molecule has 2 aromatic carbocycles. The minimum absolute atomic E-state index is 0.0227. The minimum Gasteiger partial charge on any atom is -0.456 e. The van der Waals surface area contributed by atoms with Crippen LogP contribution >= 0.6 is 23.2 Å². The van der Waals surface area contributed by atoms with Gasteiger partial charge in [-0.3, -0.25) is 9.59 Å². The second kappa shape index (κ2) is 11.3. The van der Waals surface area contributed by atoms with Crippen molar-refractivity contribution in [3.63, 3.8) is 0 Å². The van der Waals surface area contributed by atoms with Crippen LogP contribution in [-0.2, 0) is 24.3 Å². The number of benzene rings is 2. The predicted octanol–water partition coefficient (Wildman–Crippen LogP) is 3.47. The normalized spacial score (nSPS) is 12.2. The summed E-state index contributed by atoms with van der Waals surface area (Å²) in [6.07, 6.45) is 0.173. The van der Waals surface area contributed by atoms with Crippen molar-refractivity contribution in [2.24, 2.45) is 0 Å². The molecule has 30 heavy (non-hydrogen) atoms. The maximum atomic E-state index is 12.2. The van der Waals surface area contributed by atoms with Crippen molar-refractivity contribution in [2.75, 3.05) is 13.2 Å². The number of sulfonamides is 1. The van der Waals surface area contributed by atoms with Crippen LogP contribution in [0, 0.1) is 0 Å². The van der Waals surface area contributed by atoms with Crippen LogP contribution in [0.3, 0.4) is 0 Å². The van der Waals surface area contributed by atoms with Crippen LogP contribution in [-0.4, -0.2) is 33.4 Å². The molecule has 1 atom stereocenters. The number of esters is 1. The predicted molar refractivity (Wildman–Crippen MR) is 115 cm³/mol. The molecule has 0 heterocycles. The van der Waals surface area contributed by atoms with E-state index in [9.17, 15) is 18.0 Å². The van der Waals surface area contributed by atoms with Gasteiger partial charge < -0.3 is 10.1 Å².